The van der Waals surface area contributed by atoms with Crippen LogP contribution in [-0.4, -0.2) is 34.8 Å². The average molecular weight is 244 g/mol. The van der Waals surface area contributed by atoms with Crippen molar-refractivity contribution in [2.24, 2.45) is 0 Å². The van der Waals surface area contributed by atoms with E-state index in [-0.39, 0.29) is 13.2 Å². The second-order valence-electron chi connectivity index (χ2n) is 2.83. The lowest BCUT2D eigenvalue weighted by Gasteiger charge is -2.14. The van der Waals surface area contributed by atoms with E-state index in [1.807, 2.05) is 0 Å². The largest absolute Gasteiger partial charge is 0.409 e. The van der Waals surface area contributed by atoms with E-state index in [0.29, 0.717) is 5.57 Å². The van der Waals surface area contributed by atoms with Crippen LogP contribution >= 0.6 is 14.3 Å². The Kier molecular flexibility index (Phi) is 5.23. The number of aliphatic hydroxyl groups is 1. The Labute approximate surface area is 82.1 Å². The maximum absolute atomic E-state index is 11.1. The van der Waals surface area contributed by atoms with Gasteiger partial charge >= 0.3 is 14.3 Å². The summed E-state index contributed by atoms with van der Waals surface area (Å²) in [4.78, 5) is 17.8. The maximum Gasteiger partial charge on any atom is 0.409 e. The van der Waals surface area contributed by atoms with Crippen molar-refractivity contribution >= 4 is 14.3 Å². The average Bonchev–Trinajstić information content (AvgIpc) is 1.99. The summed E-state index contributed by atoms with van der Waals surface area (Å²) in [5.74, 6) is 0. The highest BCUT2D eigenvalue weighted by Crippen LogP contribution is 2.75. The Morgan fingerprint density at radius 1 is 1.43 bits per heavy atom. The van der Waals surface area contributed by atoms with Crippen LogP contribution in [0.15, 0.2) is 11.6 Å². The highest BCUT2D eigenvalue weighted by molar-refractivity contribution is 8.28. The van der Waals surface area contributed by atoms with Crippen LogP contribution in [0.25, 0.3) is 0 Å². The van der Waals surface area contributed by atoms with Crippen molar-refractivity contribution in [2.45, 2.75) is 6.92 Å². The van der Waals surface area contributed by atoms with Crippen LogP contribution in [0.5, 0.6) is 0 Å². The van der Waals surface area contributed by atoms with Crippen molar-refractivity contribution in [3.05, 3.63) is 11.6 Å². The number of aliphatic hydroxyl groups excluding tert-OH is 1. The summed E-state index contributed by atoms with van der Waals surface area (Å²) in [5.41, 5.74) is 0.509. The lowest BCUT2D eigenvalue weighted by molar-refractivity contribution is 0.287. The van der Waals surface area contributed by atoms with Gasteiger partial charge in [-0.2, -0.15) is 0 Å². The van der Waals surface area contributed by atoms with E-state index in [1.165, 1.54) is 6.08 Å². The van der Waals surface area contributed by atoms with Gasteiger partial charge in [0.1, 0.15) is 0 Å². The Hall–Kier alpha value is 0.0400. The first-order valence-corrected chi connectivity index (χ1v) is 8.14. The quantitative estimate of drug-likeness (QED) is 0.491. The van der Waals surface area contributed by atoms with Gasteiger partial charge in [0.15, 0.2) is 0 Å². The first-order valence-electron chi connectivity index (χ1n) is 3.75. The second kappa shape index (κ2) is 5.21. The Morgan fingerprint density at radius 2 is 1.93 bits per heavy atom. The SMILES string of the molecule is C/C(=C/CO)COP(=O)(O)P(C)(=O)O. The molecule has 0 aliphatic heterocycles. The summed E-state index contributed by atoms with van der Waals surface area (Å²) in [6.45, 7) is 1.85. The molecule has 0 rings (SSSR count). The molecule has 2 unspecified atom stereocenters. The van der Waals surface area contributed by atoms with Crippen molar-refractivity contribution in [1.82, 2.24) is 0 Å². The van der Waals surface area contributed by atoms with Crippen LogP contribution in [0.3, 0.4) is 0 Å². The Morgan fingerprint density at radius 3 is 2.29 bits per heavy atom. The van der Waals surface area contributed by atoms with Gasteiger partial charge in [0, 0.05) is 6.66 Å². The summed E-state index contributed by atoms with van der Waals surface area (Å²) in [6, 6.07) is 0. The van der Waals surface area contributed by atoms with Crippen LogP contribution in [0.1, 0.15) is 6.92 Å². The zero-order valence-corrected chi connectivity index (χ0v) is 9.74. The molecule has 0 saturated carbocycles. The van der Waals surface area contributed by atoms with E-state index in [2.05, 4.69) is 4.52 Å². The Balaban J connectivity index is 4.35. The monoisotopic (exact) mass is 244 g/mol. The van der Waals surface area contributed by atoms with Gasteiger partial charge < -0.3 is 14.9 Å². The zero-order chi connectivity index (χ0) is 11.4. The molecule has 84 valence electrons. The molecule has 0 amide bonds. The Bertz CT molecular complexity index is 303. The fourth-order valence-electron chi connectivity index (χ4n) is 0.508. The lowest BCUT2D eigenvalue weighted by atomic mass is 10.3. The maximum atomic E-state index is 11.1. The summed E-state index contributed by atoms with van der Waals surface area (Å²) in [7, 11) is -8.61. The van der Waals surface area contributed by atoms with E-state index in [4.69, 9.17) is 14.9 Å². The predicted molar refractivity (Wildman–Crippen MR) is 52.4 cm³/mol. The number of hydrogen-bond acceptors (Lipinski definition) is 4. The van der Waals surface area contributed by atoms with Gasteiger partial charge in [-0.3, -0.25) is 9.09 Å². The molecular weight excluding hydrogens is 230 g/mol. The fourth-order valence-corrected chi connectivity index (χ4v) is 1.91. The van der Waals surface area contributed by atoms with Gasteiger partial charge in [0.2, 0.25) is 0 Å². The van der Waals surface area contributed by atoms with E-state index in [9.17, 15) is 9.13 Å². The van der Waals surface area contributed by atoms with E-state index >= 15 is 0 Å². The van der Waals surface area contributed by atoms with E-state index in [0.717, 1.165) is 6.66 Å². The summed E-state index contributed by atoms with van der Waals surface area (Å²) < 4.78 is 26.4. The van der Waals surface area contributed by atoms with Crippen LogP contribution in [0, 0.1) is 0 Å². The van der Waals surface area contributed by atoms with Crippen molar-refractivity contribution in [3.63, 3.8) is 0 Å². The third-order valence-electron chi connectivity index (χ3n) is 1.37. The minimum absolute atomic E-state index is 0.214. The third-order valence-corrected chi connectivity index (χ3v) is 5.93. The van der Waals surface area contributed by atoms with Gasteiger partial charge in [-0.15, -0.1) is 0 Å². The van der Waals surface area contributed by atoms with E-state index < -0.39 is 14.3 Å². The predicted octanol–water partition coefficient (Wildman–Crippen LogP) is 0.942. The topological polar surface area (TPSA) is 104 Å². The molecule has 0 radical (unpaired) electrons. The van der Waals surface area contributed by atoms with Crippen molar-refractivity contribution in [1.29, 1.82) is 0 Å². The summed E-state index contributed by atoms with van der Waals surface area (Å²) >= 11 is 0. The first kappa shape index (κ1) is 14.0. The molecule has 0 aliphatic carbocycles. The van der Waals surface area contributed by atoms with Crippen LogP contribution in [-0.2, 0) is 13.7 Å². The molecule has 0 spiro atoms. The smallest absolute Gasteiger partial charge is 0.392 e. The van der Waals surface area contributed by atoms with Gasteiger partial charge in [0.25, 0.3) is 0 Å². The molecule has 3 N–H and O–H groups in total. The van der Waals surface area contributed by atoms with Gasteiger partial charge in [-0.05, 0) is 12.5 Å². The molecule has 14 heavy (non-hydrogen) atoms. The second-order valence-corrected chi connectivity index (χ2v) is 9.49. The van der Waals surface area contributed by atoms with Gasteiger partial charge in [0.05, 0.1) is 13.2 Å². The molecule has 8 heteroatoms. The molecular formula is C6H14O6P2. The highest BCUT2D eigenvalue weighted by atomic mass is 32.1. The van der Waals surface area contributed by atoms with Crippen LogP contribution < -0.4 is 0 Å². The zero-order valence-electron chi connectivity index (χ0n) is 7.95. The van der Waals surface area contributed by atoms with Crippen molar-refractivity contribution in [2.75, 3.05) is 19.9 Å². The molecule has 2 atom stereocenters. The molecule has 0 fully saturated rings. The normalized spacial score (nSPS) is 21.4. The molecule has 0 aromatic rings. The molecule has 0 bridgehead atoms. The minimum Gasteiger partial charge on any atom is -0.392 e. The van der Waals surface area contributed by atoms with Crippen molar-refractivity contribution < 1.29 is 28.5 Å². The van der Waals surface area contributed by atoms with Gasteiger partial charge in [-0.1, -0.05) is 6.08 Å². The highest BCUT2D eigenvalue weighted by Gasteiger charge is 2.38. The first-order chi connectivity index (χ1) is 6.20. The van der Waals surface area contributed by atoms with E-state index in [1.54, 1.807) is 6.92 Å². The summed E-state index contributed by atoms with van der Waals surface area (Å²) in [6.07, 6.45) is 1.37. The fraction of sp³-hybridized carbons (Fsp3) is 0.667. The summed E-state index contributed by atoms with van der Waals surface area (Å²) in [5, 5.41) is 8.46. The minimum atomic E-state index is -4.47. The van der Waals surface area contributed by atoms with Crippen LogP contribution in [0.4, 0.5) is 0 Å². The number of rotatable bonds is 5. The van der Waals surface area contributed by atoms with Crippen molar-refractivity contribution in [3.8, 4) is 0 Å². The molecule has 0 aromatic carbocycles. The number of hydrogen-bond donors (Lipinski definition) is 3. The standard InChI is InChI=1S/C6H14O6P2/c1-6(3-4-7)5-12-14(10,11)13(2,8)9/h3,7H,4-5H2,1-2H3,(H,8,9)(H,10,11)/b6-3-. The molecule has 0 aliphatic rings. The van der Waals surface area contributed by atoms with Gasteiger partial charge in [-0.25, -0.2) is 4.57 Å². The molecule has 6 nitrogen and oxygen atoms in total. The lowest BCUT2D eigenvalue weighted by Crippen LogP contribution is -1.95. The third kappa shape index (κ3) is 4.51. The van der Waals surface area contributed by atoms with Crippen LogP contribution in [0.2, 0.25) is 0 Å². The molecule has 0 saturated heterocycles. The molecule has 0 aromatic heterocycles. The molecule has 0 heterocycles.